The molecule has 2 aromatic heterocycles. The van der Waals surface area contributed by atoms with Crippen LogP contribution in [-0.4, -0.2) is 57.4 Å². The van der Waals surface area contributed by atoms with Gasteiger partial charge in [-0.15, -0.1) is 0 Å². The Labute approximate surface area is 263 Å². The van der Waals surface area contributed by atoms with E-state index in [-0.39, 0.29) is 54.0 Å². The van der Waals surface area contributed by atoms with Gasteiger partial charge in [-0.1, -0.05) is 47.6 Å². The first-order valence-electron chi connectivity index (χ1n) is 15.0. The van der Waals surface area contributed by atoms with E-state index in [4.69, 9.17) is 8.94 Å². The average Bonchev–Trinajstić information content (AvgIpc) is 3.74. The lowest BCUT2D eigenvalue weighted by atomic mass is 10.0. The van der Waals surface area contributed by atoms with Crippen molar-refractivity contribution in [3.8, 4) is 11.4 Å². The van der Waals surface area contributed by atoms with Crippen molar-refractivity contribution in [1.29, 1.82) is 0 Å². The molecule has 5 rings (SSSR count). The van der Waals surface area contributed by atoms with Crippen molar-refractivity contribution in [1.82, 2.24) is 36.4 Å². The van der Waals surface area contributed by atoms with Gasteiger partial charge in [-0.2, -0.15) is 4.98 Å². The molecule has 0 spiro atoms. The average molecular weight is 632 g/mol. The summed E-state index contributed by atoms with van der Waals surface area (Å²) in [5.74, 6) is -2.04. The maximum absolute atomic E-state index is 14.1. The molecule has 13 nitrogen and oxygen atoms in total. The first-order chi connectivity index (χ1) is 22.3. The number of nitrogens with one attached hydrogen (secondary N) is 4. The number of carbonyl (C=O) groups is 4. The summed E-state index contributed by atoms with van der Waals surface area (Å²) >= 11 is 0. The molecule has 0 unspecified atom stereocenters. The van der Waals surface area contributed by atoms with Crippen LogP contribution in [0.2, 0.25) is 0 Å². The highest BCUT2D eigenvalue weighted by molar-refractivity contribution is 5.96. The Morgan fingerprint density at radius 3 is 2.59 bits per heavy atom. The molecule has 1 aliphatic heterocycles. The minimum absolute atomic E-state index is 0.0434. The predicted octanol–water partition coefficient (Wildman–Crippen LogP) is 2.80. The van der Waals surface area contributed by atoms with Crippen LogP contribution in [0, 0.1) is 5.82 Å². The van der Waals surface area contributed by atoms with Gasteiger partial charge >= 0.3 is 0 Å². The van der Waals surface area contributed by atoms with Crippen LogP contribution in [0.15, 0.2) is 69.8 Å². The third kappa shape index (κ3) is 8.40. The number of rotatable bonds is 7. The van der Waals surface area contributed by atoms with E-state index < -0.39 is 41.7 Å². The van der Waals surface area contributed by atoms with Crippen molar-refractivity contribution in [3.05, 3.63) is 89.7 Å². The van der Waals surface area contributed by atoms with Gasteiger partial charge in [0.25, 0.3) is 5.91 Å². The zero-order chi connectivity index (χ0) is 32.5. The summed E-state index contributed by atoms with van der Waals surface area (Å²) in [5.41, 5.74) is 1.01. The summed E-state index contributed by atoms with van der Waals surface area (Å²) in [4.78, 5) is 60.6. The monoisotopic (exact) mass is 631 g/mol. The highest BCUT2D eigenvalue weighted by Gasteiger charge is 2.27. The molecule has 4 N–H and O–H groups in total. The molecule has 0 aliphatic carbocycles. The van der Waals surface area contributed by atoms with Crippen LogP contribution in [-0.2, 0) is 27.2 Å². The van der Waals surface area contributed by atoms with Crippen LogP contribution in [0.25, 0.3) is 11.4 Å². The summed E-state index contributed by atoms with van der Waals surface area (Å²) < 4.78 is 24.7. The Hall–Kier alpha value is -5.40. The minimum atomic E-state index is -0.904. The lowest BCUT2D eigenvalue weighted by molar-refractivity contribution is -0.129. The summed E-state index contributed by atoms with van der Waals surface area (Å²) in [7, 11) is 0. The van der Waals surface area contributed by atoms with Crippen molar-refractivity contribution < 1.29 is 32.5 Å². The first-order valence-corrected chi connectivity index (χ1v) is 15.0. The second kappa shape index (κ2) is 15.1. The van der Waals surface area contributed by atoms with Gasteiger partial charge in [0, 0.05) is 25.8 Å². The van der Waals surface area contributed by atoms with Gasteiger partial charge in [0.1, 0.15) is 30.2 Å². The van der Waals surface area contributed by atoms with Crippen LogP contribution in [0.4, 0.5) is 4.39 Å². The minimum Gasteiger partial charge on any atom is -0.446 e. The smallest absolute Gasteiger partial charge is 0.273 e. The molecule has 3 heterocycles. The van der Waals surface area contributed by atoms with Crippen molar-refractivity contribution >= 4 is 23.6 Å². The Morgan fingerprint density at radius 1 is 1.00 bits per heavy atom. The lowest BCUT2D eigenvalue weighted by Gasteiger charge is -2.21. The molecule has 14 heteroatoms. The molecule has 0 saturated heterocycles. The predicted molar refractivity (Wildman–Crippen MR) is 161 cm³/mol. The summed E-state index contributed by atoms with van der Waals surface area (Å²) in [5, 5.41) is 14.9. The second-order valence-corrected chi connectivity index (χ2v) is 10.9. The molecule has 2 aromatic carbocycles. The van der Waals surface area contributed by atoms with Crippen LogP contribution in [0.1, 0.15) is 66.5 Å². The molecular weight excluding hydrogens is 597 g/mol. The molecule has 0 fully saturated rings. The number of hydrogen-bond acceptors (Lipinski definition) is 9. The van der Waals surface area contributed by atoms with Crippen LogP contribution in [0.3, 0.4) is 0 Å². The molecule has 3 atom stereocenters. The maximum atomic E-state index is 14.1. The molecule has 4 aromatic rings. The molecule has 46 heavy (non-hydrogen) atoms. The van der Waals surface area contributed by atoms with E-state index in [0.717, 1.165) is 11.8 Å². The van der Waals surface area contributed by atoms with E-state index in [1.165, 1.54) is 12.1 Å². The quantitative estimate of drug-likeness (QED) is 0.238. The van der Waals surface area contributed by atoms with Crippen molar-refractivity contribution in [2.45, 2.75) is 63.6 Å². The number of oxazole rings is 1. The van der Waals surface area contributed by atoms with Gasteiger partial charge in [0.2, 0.25) is 35.3 Å². The number of nitrogens with zero attached hydrogens (tertiary/aromatic N) is 3. The van der Waals surface area contributed by atoms with Gasteiger partial charge in [0.15, 0.2) is 5.69 Å². The lowest BCUT2D eigenvalue weighted by Crippen LogP contribution is -2.49. The number of benzene rings is 2. The Morgan fingerprint density at radius 2 is 1.78 bits per heavy atom. The van der Waals surface area contributed by atoms with Gasteiger partial charge < -0.3 is 30.2 Å². The highest BCUT2D eigenvalue weighted by atomic mass is 19.1. The topological polar surface area (TPSA) is 181 Å². The SMILES string of the molecule is C[C@@H]1NC(=O)[C@@H](NC(=O)CCc2nc(-c3ccccc3F)no2)CCCCNC(=O)[C@H](Cc2ccccc2)NC(=O)c2coc1n2. The number of hydrogen-bond donors (Lipinski definition) is 4. The fourth-order valence-electron chi connectivity index (χ4n) is 4.93. The molecule has 4 amide bonds. The number of aromatic nitrogens is 3. The van der Waals surface area contributed by atoms with E-state index in [1.807, 2.05) is 30.3 Å². The number of amides is 4. The van der Waals surface area contributed by atoms with Crippen LogP contribution < -0.4 is 21.3 Å². The number of carbonyl (C=O) groups excluding carboxylic acids is 4. The molecule has 240 valence electrons. The standard InChI is InChI=1S/C32H34FN7O6/c1-19-32-38-25(18-45-32)31(44)37-24(17-20-9-3-2-4-10-20)29(42)34-16-8-7-13-23(30(43)35-19)36-26(41)14-15-27-39-28(40-46-27)21-11-5-6-12-22(21)33/h2-6,9-12,18-19,23-24H,7-8,13-17H2,1H3,(H,34,42)(H,35,43)(H,36,41)(H,37,44)/t19-,23-,24-/m0/s1. The van der Waals surface area contributed by atoms with Gasteiger partial charge in [-0.25, -0.2) is 9.37 Å². The van der Waals surface area contributed by atoms with E-state index >= 15 is 0 Å². The van der Waals surface area contributed by atoms with Gasteiger partial charge in [-0.3, -0.25) is 19.2 Å². The number of fused-ring (bicyclic) bond motifs is 2. The Kier molecular flexibility index (Phi) is 10.5. The van der Waals surface area contributed by atoms with E-state index in [0.29, 0.717) is 25.8 Å². The van der Waals surface area contributed by atoms with E-state index in [1.54, 1.807) is 19.1 Å². The fourth-order valence-corrected chi connectivity index (χ4v) is 4.93. The molecule has 0 saturated carbocycles. The zero-order valence-electron chi connectivity index (χ0n) is 25.1. The summed E-state index contributed by atoms with van der Waals surface area (Å²) in [6, 6.07) is 12.9. The third-order valence-corrected chi connectivity index (χ3v) is 7.41. The number of halogens is 1. The first kappa shape index (κ1) is 32.0. The Bertz CT molecular complexity index is 1670. The molecule has 2 bridgehead atoms. The van der Waals surface area contributed by atoms with Crippen molar-refractivity contribution in [2.24, 2.45) is 0 Å². The van der Waals surface area contributed by atoms with E-state index in [9.17, 15) is 23.6 Å². The van der Waals surface area contributed by atoms with Crippen molar-refractivity contribution in [2.75, 3.05) is 6.54 Å². The van der Waals surface area contributed by atoms with E-state index in [2.05, 4.69) is 36.4 Å². The summed E-state index contributed by atoms with van der Waals surface area (Å²) in [6.07, 6.45) is 2.77. The Balaban J connectivity index is 1.23. The highest BCUT2D eigenvalue weighted by Crippen LogP contribution is 2.20. The van der Waals surface area contributed by atoms with Gasteiger partial charge in [-0.05, 0) is 43.9 Å². The molecule has 1 aliphatic rings. The molecule has 0 radical (unpaired) electrons. The zero-order valence-corrected chi connectivity index (χ0v) is 25.1. The third-order valence-electron chi connectivity index (χ3n) is 7.41. The fraction of sp³-hybridized carbons (Fsp3) is 0.344. The van der Waals surface area contributed by atoms with Crippen molar-refractivity contribution in [3.63, 3.8) is 0 Å². The second-order valence-electron chi connectivity index (χ2n) is 10.9. The summed E-state index contributed by atoms with van der Waals surface area (Å²) in [6.45, 7) is 1.94. The van der Waals surface area contributed by atoms with Crippen LogP contribution in [0.5, 0.6) is 0 Å². The molecular formula is C32H34FN7O6. The normalized spacial score (nSPS) is 19.5. The maximum Gasteiger partial charge on any atom is 0.273 e. The van der Waals surface area contributed by atoms with Crippen LogP contribution >= 0.6 is 0 Å². The number of aryl methyl sites for hydroxylation is 1. The largest absolute Gasteiger partial charge is 0.446 e. The van der Waals surface area contributed by atoms with Gasteiger partial charge in [0.05, 0.1) is 5.56 Å².